The minimum Gasteiger partial charge on any atom is -0.593 e. The van der Waals surface area contributed by atoms with Crippen LogP contribution >= 0.6 is 0 Å². The molecule has 1 aliphatic heterocycles. The van der Waals surface area contributed by atoms with Gasteiger partial charge in [-0.05, 0) is 73.1 Å². The van der Waals surface area contributed by atoms with Crippen LogP contribution in [-0.4, -0.2) is 33.0 Å². The van der Waals surface area contributed by atoms with Crippen LogP contribution in [0.3, 0.4) is 0 Å². The molecule has 2 unspecified atom stereocenters. The summed E-state index contributed by atoms with van der Waals surface area (Å²) >= 11 is -1.52. The van der Waals surface area contributed by atoms with Crippen LogP contribution in [0.1, 0.15) is 59.6 Å². The standard InChI is InChI=1S/C30H37FN4O3S/c1-5-35(33)27-11-10-25(20(4)30(27)32)26(15-29(36)37)21-7-6-19(3)23(13-21)17-34-16-18(2)12-22-8-9-24(31)14-28(22)39(34)38/h6-11,13-14,18,26H,5,12,15-17,32-33H2,1-4H3,(H,36,37)/t18-,26?,39?/m0/s1. The number of fused-ring (bicyclic) bond motifs is 1. The Kier molecular flexibility index (Phi) is 8.86. The number of hydrogen-bond acceptors (Lipinski definition) is 6. The molecule has 0 aromatic heterocycles. The maximum absolute atomic E-state index is 14.1. The second kappa shape index (κ2) is 12.0. The van der Waals surface area contributed by atoms with Crippen LogP contribution in [0.5, 0.6) is 0 Å². The van der Waals surface area contributed by atoms with Gasteiger partial charge in [-0.1, -0.05) is 37.3 Å². The molecule has 0 amide bonds. The Morgan fingerprint density at radius 2 is 1.97 bits per heavy atom. The number of carboxylic acid groups (broad SMARTS) is 1. The number of aryl methyl sites for hydroxylation is 1. The van der Waals surface area contributed by atoms with Crippen molar-refractivity contribution < 1.29 is 18.8 Å². The highest BCUT2D eigenvalue weighted by Crippen LogP contribution is 2.37. The third kappa shape index (κ3) is 6.22. The van der Waals surface area contributed by atoms with Gasteiger partial charge in [-0.25, -0.2) is 10.2 Å². The molecular formula is C30H37FN4O3S. The van der Waals surface area contributed by atoms with Gasteiger partial charge in [-0.3, -0.25) is 4.79 Å². The van der Waals surface area contributed by atoms with Crippen LogP contribution in [0.15, 0.2) is 53.4 Å². The molecule has 0 saturated heterocycles. The lowest BCUT2D eigenvalue weighted by molar-refractivity contribution is -0.137. The lowest BCUT2D eigenvalue weighted by Gasteiger charge is -2.26. The number of nitrogen functional groups attached to an aromatic ring is 1. The lowest BCUT2D eigenvalue weighted by atomic mass is 9.84. The zero-order valence-corrected chi connectivity index (χ0v) is 23.7. The summed E-state index contributed by atoms with van der Waals surface area (Å²) in [6, 6.07) is 14.2. The average Bonchev–Trinajstić information content (AvgIpc) is 3.00. The van der Waals surface area contributed by atoms with Crippen molar-refractivity contribution in [2.24, 2.45) is 11.8 Å². The first-order valence-electron chi connectivity index (χ1n) is 13.2. The van der Waals surface area contributed by atoms with Gasteiger partial charge >= 0.3 is 5.97 Å². The summed E-state index contributed by atoms with van der Waals surface area (Å²) in [5.74, 6) is 4.57. The van der Waals surface area contributed by atoms with Crippen molar-refractivity contribution >= 4 is 28.7 Å². The summed E-state index contributed by atoms with van der Waals surface area (Å²) in [4.78, 5) is 12.5. The normalized spacial score (nSPS) is 18.3. The highest BCUT2D eigenvalue weighted by molar-refractivity contribution is 7.89. The van der Waals surface area contributed by atoms with Crippen LogP contribution < -0.4 is 16.6 Å². The molecule has 7 nitrogen and oxygen atoms in total. The topological polar surface area (TPSA) is 119 Å². The Morgan fingerprint density at radius 1 is 1.23 bits per heavy atom. The molecule has 1 heterocycles. The number of nitrogens with two attached hydrogens (primary N) is 2. The summed E-state index contributed by atoms with van der Waals surface area (Å²) < 4.78 is 29.5. The van der Waals surface area contributed by atoms with Crippen molar-refractivity contribution in [3.05, 3.63) is 87.7 Å². The Balaban J connectivity index is 1.71. The average molecular weight is 553 g/mol. The molecular weight excluding hydrogens is 515 g/mol. The molecule has 4 rings (SSSR count). The zero-order chi connectivity index (χ0) is 28.4. The first-order valence-corrected chi connectivity index (χ1v) is 14.3. The summed E-state index contributed by atoms with van der Waals surface area (Å²) in [5.41, 5.74) is 13.0. The van der Waals surface area contributed by atoms with Crippen molar-refractivity contribution in [1.82, 2.24) is 4.31 Å². The highest BCUT2D eigenvalue weighted by atomic mass is 32.2. The van der Waals surface area contributed by atoms with E-state index in [0.29, 0.717) is 35.9 Å². The van der Waals surface area contributed by atoms with E-state index in [0.717, 1.165) is 39.8 Å². The van der Waals surface area contributed by atoms with Crippen molar-refractivity contribution in [3.8, 4) is 0 Å². The number of halogens is 1. The van der Waals surface area contributed by atoms with Gasteiger partial charge in [0.15, 0.2) is 4.90 Å². The van der Waals surface area contributed by atoms with E-state index >= 15 is 0 Å². The molecule has 3 atom stereocenters. The van der Waals surface area contributed by atoms with Gasteiger partial charge in [-0.15, -0.1) is 4.31 Å². The molecule has 9 heteroatoms. The van der Waals surface area contributed by atoms with Gasteiger partial charge in [0.1, 0.15) is 5.82 Å². The maximum atomic E-state index is 14.1. The SMILES string of the molecule is CCN(N)c1ccc(C(CC(=O)O)c2ccc(C)c(CN3C[C@@H](C)Cc4ccc(F)cc4[S+]3[O-])c2)c(C)c1N. The Bertz CT molecular complexity index is 1370. The number of benzene rings is 3. The van der Waals surface area contributed by atoms with E-state index in [1.54, 1.807) is 11.1 Å². The minimum atomic E-state index is -1.52. The van der Waals surface area contributed by atoms with Crippen LogP contribution in [0.25, 0.3) is 0 Å². The second-order valence-corrected chi connectivity index (χ2v) is 11.9. The van der Waals surface area contributed by atoms with Crippen molar-refractivity contribution in [1.29, 1.82) is 0 Å². The van der Waals surface area contributed by atoms with Crippen molar-refractivity contribution in [3.63, 3.8) is 0 Å². The first kappa shape index (κ1) is 28.9. The molecule has 0 radical (unpaired) electrons. The first-order chi connectivity index (χ1) is 18.5. The number of hydrazine groups is 1. The molecule has 0 fully saturated rings. The van der Waals surface area contributed by atoms with Gasteiger partial charge in [0.2, 0.25) is 0 Å². The third-order valence-electron chi connectivity index (χ3n) is 7.60. The van der Waals surface area contributed by atoms with Crippen molar-refractivity contribution in [2.75, 3.05) is 23.8 Å². The fraction of sp³-hybridized carbons (Fsp3) is 0.367. The Labute approximate surface area is 232 Å². The molecule has 0 bridgehead atoms. The van der Waals surface area contributed by atoms with Gasteiger partial charge < -0.3 is 20.4 Å². The van der Waals surface area contributed by atoms with E-state index in [9.17, 15) is 18.8 Å². The molecule has 3 aromatic rings. The predicted octanol–water partition coefficient (Wildman–Crippen LogP) is 5.05. The molecule has 0 saturated carbocycles. The third-order valence-corrected chi connectivity index (χ3v) is 9.10. The molecule has 0 aliphatic carbocycles. The monoisotopic (exact) mass is 552 g/mol. The molecule has 39 heavy (non-hydrogen) atoms. The fourth-order valence-corrected chi connectivity index (χ4v) is 6.87. The summed E-state index contributed by atoms with van der Waals surface area (Å²) in [6.07, 6.45) is 0.619. The van der Waals surface area contributed by atoms with E-state index in [2.05, 4.69) is 6.92 Å². The number of carbonyl (C=O) groups is 1. The van der Waals surface area contributed by atoms with Crippen LogP contribution in [0.4, 0.5) is 15.8 Å². The van der Waals surface area contributed by atoms with Crippen LogP contribution in [0.2, 0.25) is 0 Å². The number of nitrogens with zero attached hydrogens (tertiary/aromatic N) is 2. The summed E-state index contributed by atoms with van der Waals surface area (Å²) in [7, 11) is 0. The number of anilines is 2. The Morgan fingerprint density at radius 3 is 2.67 bits per heavy atom. The largest absolute Gasteiger partial charge is 0.593 e. The number of rotatable bonds is 8. The summed E-state index contributed by atoms with van der Waals surface area (Å²) in [6.45, 7) is 9.47. The highest BCUT2D eigenvalue weighted by Gasteiger charge is 2.32. The smallest absolute Gasteiger partial charge is 0.304 e. The van der Waals surface area contributed by atoms with Crippen LogP contribution in [0, 0.1) is 25.6 Å². The zero-order valence-electron chi connectivity index (χ0n) is 22.9. The molecule has 208 valence electrons. The van der Waals surface area contributed by atoms with Crippen LogP contribution in [-0.2, 0) is 29.1 Å². The molecule has 0 spiro atoms. The van der Waals surface area contributed by atoms with E-state index in [4.69, 9.17) is 11.6 Å². The van der Waals surface area contributed by atoms with E-state index < -0.39 is 29.1 Å². The molecule has 5 N–H and O–H groups in total. The quantitative estimate of drug-likeness (QED) is 0.155. The van der Waals surface area contributed by atoms with E-state index in [1.807, 2.05) is 55.4 Å². The van der Waals surface area contributed by atoms with Gasteiger partial charge in [0.05, 0.1) is 35.7 Å². The number of carboxylic acids is 1. The van der Waals surface area contributed by atoms with E-state index in [1.165, 1.54) is 12.1 Å². The fourth-order valence-electron chi connectivity index (χ4n) is 5.36. The molecule has 1 aliphatic rings. The van der Waals surface area contributed by atoms with E-state index in [-0.39, 0.29) is 12.3 Å². The Hall–Kier alpha value is -3.11. The number of hydrogen-bond donors (Lipinski definition) is 3. The van der Waals surface area contributed by atoms with Crippen molar-refractivity contribution in [2.45, 2.75) is 57.9 Å². The molecule has 3 aromatic carbocycles. The predicted molar refractivity (Wildman–Crippen MR) is 154 cm³/mol. The minimum absolute atomic E-state index is 0.110. The van der Waals surface area contributed by atoms with Gasteiger partial charge in [-0.2, -0.15) is 0 Å². The maximum Gasteiger partial charge on any atom is 0.304 e. The lowest BCUT2D eigenvalue weighted by Crippen LogP contribution is -2.33. The van der Waals surface area contributed by atoms with Gasteiger partial charge in [0, 0.05) is 30.6 Å². The number of aliphatic carboxylic acids is 1. The second-order valence-electron chi connectivity index (χ2n) is 10.5. The van der Waals surface area contributed by atoms with Gasteiger partial charge in [0.25, 0.3) is 0 Å². The summed E-state index contributed by atoms with van der Waals surface area (Å²) in [5, 5.41) is 11.4.